The summed E-state index contributed by atoms with van der Waals surface area (Å²) in [5.74, 6) is 0.574. The highest BCUT2D eigenvalue weighted by atomic mass is 16.5. The Bertz CT molecular complexity index is 1010. The van der Waals surface area contributed by atoms with Crippen molar-refractivity contribution < 1.29 is 9.53 Å². The molecule has 30 heavy (non-hydrogen) atoms. The van der Waals surface area contributed by atoms with Crippen molar-refractivity contribution in [3.8, 4) is 17.0 Å². The molecule has 0 bridgehead atoms. The van der Waals surface area contributed by atoms with Crippen LogP contribution in [0.4, 0.5) is 0 Å². The lowest BCUT2D eigenvalue weighted by Gasteiger charge is -2.27. The van der Waals surface area contributed by atoms with E-state index >= 15 is 0 Å². The van der Waals surface area contributed by atoms with Gasteiger partial charge in [0, 0.05) is 23.2 Å². The predicted molar refractivity (Wildman–Crippen MR) is 121 cm³/mol. The molecule has 2 aromatic carbocycles. The third kappa shape index (κ3) is 4.30. The first kappa shape index (κ1) is 20.3. The fourth-order valence-electron chi connectivity index (χ4n) is 4.59. The molecule has 1 atom stereocenters. The Morgan fingerprint density at radius 3 is 2.43 bits per heavy atom. The fourth-order valence-corrected chi connectivity index (χ4v) is 4.59. The fraction of sp³-hybridized carbons (Fsp3) is 0.333. The molecule has 0 N–H and O–H groups in total. The summed E-state index contributed by atoms with van der Waals surface area (Å²) in [5, 5.41) is 0. The van der Waals surface area contributed by atoms with Crippen molar-refractivity contribution in [3.05, 3.63) is 83.6 Å². The lowest BCUT2D eigenvalue weighted by atomic mass is 9.76. The second kappa shape index (κ2) is 9.25. The van der Waals surface area contributed by atoms with E-state index in [1.165, 1.54) is 12.0 Å². The van der Waals surface area contributed by atoms with Crippen LogP contribution in [0.15, 0.2) is 66.9 Å². The summed E-state index contributed by atoms with van der Waals surface area (Å²) in [4.78, 5) is 18.4. The van der Waals surface area contributed by atoms with Crippen LogP contribution in [0.5, 0.6) is 5.88 Å². The van der Waals surface area contributed by atoms with Crippen LogP contribution >= 0.6 is 0 Å². The zero-order chi connectivity index (χ0) is 20.9. The number of ketones is 1. The summed E-state index contributed by atoms with van der Waals surface area (Å²) in [7, 11) is 1.63. The van der Waals surface area contributed by atoms with Crippen molar-refractivity contribution in [3.63, 3.8) is 0 Å². The summed E-state index contributed by atoms with van der Waals surface area (Å²) in [6.45, 7) is 2.08. The summed E-state index contributed by atoms with van der Waals surface area (Å²) in [6, 6.07) is 20.5. The van der Waals surface area contributed by atoms with Crippen molar-refractivity contribution in [1.29, 1.82) is 0 Å². The van der Waals surface area contributed by atoms with Gasteiger partial charge in [-0.1, -0.05) is 79.4 Å². The lowest BCUT2D eigenvalue weighted by Crippen LogP contribution is -2.25. The predicted octanol–water partition coefficient (Wildman–Crippen LogP) is 6.35. The molecule has 4 rings (SSSR count). The smallest absolute Gasteiger partial charge is 0.217 e. The molecular weight excluding hydrogens is 370 g/mol. The van der Waals surface area contributed by atoms with Gasteiger partial charge >= 0.3 is 0 Å². The quantitative estimate of drug-likeness (QED) is 0.485. The van der Waals surface area contributed by atoms with Crippen molar-refractivity contribution in [2.45, 2.75) is 44.9 Å². The minimum absolute atomic E-state index is 0.108. The highest BCUT2D eigenvalue weighted by Gasteiger charge is 2.33. The Labute approximate surface area is 179 Å². The molecule has 1 fully saturated rings. The summed E-state index contributed by atoms with van der Waals surface area (Å²) < 4.78 is 5.64. The van der Waals surface area contributed by atoms with Crippen LogP contribution in [-0.2, 0) is 4.79 Å². The van der Waals surface area contributed by atoms with Gasteiger partial charge < -0.3 is 4.74 Å². The van der Waals surface area contributed by atoms with Gasteiger partial charge in [-0.25, -0.2) is 4.98 Å². The van der Waals surface area contributed by atoms with Gasteiger partial charge in [-0.3, -0.25) is 4.79 Å². The summed E-state index contributed by atoms with van der Waals surface area (Å²) in [6.07, 6.45) is 7.30. The Morgan fingerprint density at radius 1 is 0.967 bits per heavy atom. The molecule has 1 unspecified atom stereocenters. The second-order valence-electron chi connectivity index (χ2n) is 8.27. The Morgan fingerprint density at radius 2 is 1.73 bits per heavy atom. The van der Waals surface area contributed by atoms with Gasteiger partial charge in [-0.15, -0.1) is 0 Å². The van der Waals surface area contributed by atoms with E-state index in [0.29, 0.717) is 11.7 Å². The van der Waals surface area contributed by atoms with Gasteiger partial charge in [0.2, 0.25) is 5.88 Å². The number of aromatic nitrogens is 1. The van der Waals surface area contributed by atoms with Crippen LogP contribution in [-0.4, -0.2) is 17.9 Å². The van der Waals surface area contributed by atoms with Gasteiger partial charge in [-0.05, 0) is 37.0 Å². The van der Waals surface area contributed by atoms with Gasteiger partial charge in [-0.2, -0.15) is 0 Å². The van der Waals surface area contributed by atoms with E-state index < -0.39 is 0 Å². The van der Waals surface area contributed by atoms with E-state index in [1.54, 1.807) is 7.11 Å². The largest absolute Gasteiger partial charge is 0.481 e. The molecule has 0 saturated heterocycles. The third-order valence-corrected chi connectivity index (χ3v) is 6.16. The minimum Gasteiger partial charge on any atom is -0.481 e. The van der Waals surface area contributed by atoms with Gasteiger partial charge in [0.25, 0.3) is 0 Å². The number of carbonyl (C=O) groups excluding carboxylic acids is 1. The SMILES string of the molecule is COc1ncc(-c2cccc(C)c2)cc1C(C(=O)C1CCCCC1)c1ccccc1. The average molecular weight is 400 g/mol. The zero-order valence-corrected chi connectivity index (χ0v) is 17.8. The molecule has 1 aliphatic carbocycles. The van der Waals surface area contributed by atoms with Crippen LogP contribution in [0.25, 0.3) is 11.1 Å². The molecule has 3 heteroatoms. The molecule has 1 saturated carbocycles. The molecule has 1 aromatic heterocycles. The minimum atomic E-state index is -0.360. The van der Waals surface area contributed by atoms with Crippen molar-refractivity contribution in [1.82, 2.24) is 4.98 Å². The maximum atomic E-state index is 13.8. The van der Waals surface area contributed by atoms with E-state index in [0.717, 1.165) is 47.9 Å². The number of nitrogens with zero attached hydrogens (tertiary/aromatic N) is 1. The van der Waals surface area contributed by atoms with Gasteiger partial charge in [0.05, 0.1) is 13.0 Å². The van der Waals surface area contributed by atoms with E-state index in [2.05, 4.69) is 42.2 Å². The average Bonchev–Trinajstić information content (AvgIpc) is 2.80. The van der Waals surface area contributed by atoms with Crippen LogP contribution < -0.4 is 4.74 Å². The molecule has 154 valence electrons. The number of ether oxygens (including phenoxy) is 1. The topological polar surface area (TPSA) is 39.2 Å². The molecule has 3 aromatic rings. The van der Waals surface area contributed by atoms with Crippen LogP contribution in [0.2, 0.25) is 0 Å². The highest BCUT2D eigenvalue weighted by Crippen LogP contribution is 2.38. The molecule has 1 aliphatic rings. The van der Waals surface area contributed by atoms with Crippen LogP contribution in [0, 0.1) is 12.8 Å². The highest BCUT2D eigenvalue weighted by molar-refractivity contribution is 5.92. The number of pyridine rings is 1. The van der Waals surface area contributed by atoms with E-state index in [-0.39, 0.29) is 11.8 Å². The molecular formula is C27H29NO2. The third-order valence-electron chi connectivity index (χ3n) is 6.16. The van der Waals surface area contributed by atoms with Crippen molar-refractivity contribution >= 4 is 5.78 Å². The number of rotatable bonds is 6. The Hall–Kier alpha value is -2.94. The molecule has 3 nitrogen and oxygen atoms in total. The first-order valence-electron chi connectivity index (χ1n) is 10.9. The normalized spacial score (nSPS) is 15.5. The van der Waals surface area contributed by atoms with Gasteiger partial charge in [0.15, 0.2) is 0 Å². The number of hydrogen-bond donors (Lipinski definition) is 0. The standard InChI is InChI=1S/C27H29NO2/c1-19-10-9-15-22(16-19)23-17-24(27(30-2)28-18-23)25(20-11-5-3-6-12-20)26(29)21-13-7-4-8-14-21/h3,5-6,9-12,15-18,21,25H,4,7-8,13-14H2,1-2H3. The van der Waals surface area contributed by atoms with E-state index in [1.807, 2.05) is 36.5 Å². The van der Waals surface area contributed by atoms with Gasteiger partial charge in [0.1, 0.15) is 5.78 Å². The second-order valence-corrected chi connectivity index (χ2v) is 8.27. The molecule has 0 amide bonds. The first-order chi connectivity index (χ1) is 14.7. The Kier molecular flexibility index (Phi) is 6.27. The Balaban J connectivity index is 1.82. The first-order valence-corrected chi connectivity index (χ1v) is 10.9. The summed E-state index contributed by atoms with van der Waals surface area (Å²) in [5.41, 5.74) is 5.17. The molecule has 0 spiro atoms. The van der Waals surface area contributed by atoms with Crippen LogP contribution in [0.1, 0.15) is 54.7 Å². The molecule has 1 heterocycles. The number of benzene rings is 2. The number of carbonyl (C=O) groups is 1. The number of Topliss-reactive ketones (excluding diaryl/α,β-unsaturated/α-hetero) is 1. The van der Waals surface area contributed by atoms with E-state index in [9.17, 15) is 4.79 Å². The van der Waals surface area contributed by atoms with Crippen LogP contribution in [0.3, 0.4) is 0 Å². The molecule has 0 aliphatic heterocycles. The maximum Gasteiger partial charge on any atom is 0.217 e. The van der Waals surface area contributed by atoms with Crippen molar-refractivity contribution in [2.75, 3.05) is 7.11 Å². The summed E-state index contributed by atoms with van der Waals surface area (Å²) >= 11 is 0. The zero-order valence-electron chi connectivity index (χ0n) is 17.8. The molecule has 0 radical (unpaired) electrons. The maximum absolute atomic E-state index is 13.8. The number of hydrogen-bond acceptors (Lipinski definition) is 3. The lowest BCUT2D eigenvalue weighted by molar-refractivity contribution is -0.124. The van der Waals surface area contributed by atoms with Crippen molar-refractivity contribution in [2.24, 2.45) is 5.92 Å². The van der Waals surface area contributed by atoms with E-state index in [4.69, 9.17) is 4.74 Å². The monoisotopic (exact) mass is 399 g/mol. The number of methoxy groups -OCH3 is 1. The number of aryl methyl sites for hydroxylation is 1.